The predicted octanol–water partition coefficient (Wildman–Crippen LogP) is 3.98. The van der Waals surface area contributed by atoms with Crippen LogP contribution >= 0.6 is 11.6 Å². The summed E-state index contributed by atoms with van der Waals surface area (Å²) in [5.41, 5.74) is 4.91. The number of nitrogens with zero attached hydrogens (tertiary/aromatic N) is 2. The fourth-order valence-corrected chi connectivity index (χ4v) is 4.19. The first-order valence-electron chi connectivity index (χ1n) is 10.4. The van der Waals surface area contributed by atoms with Crippen molar-refractivity contribution in [2.24, 2.45) is 0 Å². The Morgan fingerprint density at radius 2 is 1.63 bits per heavy atom. The van der Waals surface area contributed by atoms with Gasteiger partial charge in [0.05, 0.1) is 23.2 Å². The van der Waals surface area contributed by atoms with E-state index in [9.17, 15) is 9.59 Å². The molecule has 1 N–H and O–H groups in total. The normalized spacial score (nSPS) is 15.7. The van der Waals surface area contributed by atoms with Gasteiger partial charge in [-0.3, -0.25) is 14.5 Å². The van der Waals surface area contributed by atoms with Gasteiger partial charge in [0.15, 0.2) is 0 Å². The quantitative estimate of drug-likeness (QED) is 0.785. The molecule has 160 valence electrons. The lowest BCUT2D eigenvalue weighted by atomic mass is 10.1. The number of carbonyl (C=O) groups excluding carboxylic acids is 2. The summed E-state index contributed by atoms with van der Waals surface area (Å²) in [4.78, 5) is 29.4. The van der Waals surface area contributed by atoms with Crippen LogP contribution in [0, 0.1) is 20.8 Å². The van der Waals surface area contributed by atoms with Crippen LogP contribution < -0.4 is 5.32 Å². The minimum absolute atomic E-state index is 0.0803. The van der Waals surface area contributed by atoms with Gasteiger partial charge in [-0.25, -0.2) is 0 Å². The van der Waals surface area contributed by atoms with Crippen molar-refractivity contribution >= 4 is 29.1 Å². The van der Waals surface area contributed by atoms with E-state index in [1.807, 2.05) is 69.0 Å². The molecule has 1 heterocycles. The van der Waals surface area contributed by atoms with E-state index in [0.717, 1.165) is 16.7 Å². The maximum Gasteiger partial charge on any atom is 0.241 e. The topological polar surface area (TPSA) is 52.7 Å². The average molecular weight is 428 g/mol. The number of anilines is 1. The van der Waals surface area contributed by atoms with Crippen LogP contribution in [0.4, 0.5) is 5.69 Å². The molecule has 1 saturated heterocycles. The highest BCUT2D eigenvalue weighted by Crippen LogP contribution is 2.27. The van der Waals surface area contributed by atoms with Gasteiger partial charge in [-0.2, -0.15) is 0 Å². The molecular weight excluding hydrogens is 398 g/mol. The minimum atomic E-state index is -0.295. The summed E-state index contributed by atoms with van der Waals surface area (Å²) in [6.07, 6.45) is 0.418. The first-order chi connectivity index (χ1) is 14.2. The zero-order chi connectivity index (χ0) is 21.8. The second-order valence-corrected chi connectivity index (χ2v) is 8.59. The van der Waals surface area contributed by atoms with Crippen LogP contribution in [-0.2, 0) is 16.0 Å². The van der Waals surface area contributed by atoms with E-state index in [2.05, 4.69) is 10.2 Å². The van der Waals surface area contributed by atoms with Crippen LogP contribution in [0.25, 0.3) is 0 Å². The first kappa shape index (κ1) is 22.3. The lowest BCUT2D eigenvalue weighted by molar-refractivity contribution is -0.133. The SMILES string of the molecule is Cc1ccc(CC(=O)N2CCN(C(C)C(=O)Nc3c(C)cc(C)cc3Cl)CC2)cc1. The molecule has 0 aromatic heterocycles. The molecule has 2 aromatic carbocycles. The number of carbonyl (C=O) groups is 2. The average Bonchev–Trinajstić information content (AvgIpc) is 2.71. The van der Waals surface area contributed by atoms with Gasteiger partial charge in [-0.05, 0) is 50.5 Å². The Hall–Kier alpha value is -2.37. The molecule has 5 nitrogen and oxygen atoms in total. The molecule has 2 aromatic rings. The number of piperazine rings is 1. The van der Waals surface area contributed by atoms with Crippen molar-refractivity contribution in [2.75, 3.05) is 31.5 Å². The van der Waals surface area contributed by atoms with Crippen molar-refractivity contribution in [3.63, 3.8) is 0 Å². The molecule has 0 aliphatic carbocycles. The van der Waals surface area contributed by atoms with E-state index in [1.165, 1.54) is 5.56 Å². The van der Waals surface area contributed by atoms with E-state index in [4.69, 9.17) is 11.6 Å². The Kier molecular flexibility index (Phi) is 7.16. The summed E-state index contributed by atoms with van der Waals surface area (Å²) < 4.78 is 0. The molecule has 3 rings (SSSR count). The third-order valence-corrected chi connectivity index (χ3v) is 6.05. The third kappa shape index (κ3) is 5.41. The Labute approximate surface area is 184 Å². The summed E-state index contributed by atoms with van der Waals surface area (Å²) in [6, 6.07) is 11.6. The Morgan fingerprint density at radius 3 is 2.23 bits per heavy atom. The number of hydrogen-bond acceptors (Lipinski definition) is 3. The van der Waals surface area contributed by atoms with Crippen molar-refractivity contribution in [3.05, 3.63) is 63.7 Å². The van der Waals surface area contributed by atoms with Gasteiger partial charge in [0, 0.05) is 26.2 Å². The highest BCUT2D eigenvalue weighted by molar-refractivity contribution is 6.34. The number of amides is 2. The molecule has 0 radical (unpaired) electrons. The van der Waals surface area contributed by atoms with E-state index >= 15 is 0 Å². The predicted molar refractivity (Wildman–Crippen MR) is 122 cm³/mol. The van der Waals surface area contributed by atoms with Crippen molar-refractivity contribution < 1.29 is 9.59 Å². The lowest BCUT2D eigenvalue weighted by Gasteiger charge is -2.37. The van der Waals surface area contributed by atoms with Crippen molar-refractivity contribution in [1.82, 2.24) is 9.80 Å². The van der Waals surface area contributed by atoms with Crippen LogP contribution in [0.15, 0.2) is 36.4 Å². The van der Waals surface area contributed by atoms with E-state index < -0.39 is 0 Å². The highest BCUT2D eigenvalue weighted by Gasteiger charge is 2.28. The van der Waals surface area contributed by atoms with Crippen LogP contribution in [0.2, 0.25) is 5.02 Å². The molecular formula is C24H30ClN3O2. The van der Waals surface area contributed by atoms with Gasteiger partial charge in [-0.1, -0.05) is 47.5 Å². The number of halogens is 1. The van der Waals surface area contributed by atoms with Crippen LogP contribution in [0.3, 0.4) is 0 Å². The summed E-state index contributed by atoms with van der Waals surface area (Å²) in [7, 11) is 0. The maximum absolute atomic E-state index is 12.8. The maximum atomic E-state index is 12.8. The first-order valence-corrected chi connectivity index (χ1v) is 10.8. The van der Waals surface area contributed by atoms with Crippen LogP contribution in [0.5, 0.6) is 0 Å². The van der Waals surface area contributed by atoms with Crippen molar-refractivity contribution in [3.8, 4) is 0 Å². The van der Waals surface area contributed by atoms with E-state index in [1.54, 1.807) is 0 Å². The van der Waals surface area contributed by atoms with Gasteiger partial charge < -0.3 is 10.2 Å². The molecule has 0 spiro atoms. The summed E-state index contributed by atoms with van der Waals surface area (Å²) >= 11 is 6.33. The van der Waals surface area contributed by atoms with Gasteiger partial charge >= 0.3 is 0 Å². The van der Waals surface area contributed by atoms with Crippen LogP contribution in [0.1, 0.15) is 29.2 Å². The number of nitrogens with one attached hydrogen (secondary N) is 1. The number of aryl methyl sites for hydroxylation is 3. The summed E-state index contributed by atoms with van der Waals surface area (Å²) in [6.45, 7) is 10.5. The second kappa shape index (κ2) is 9.63. The number of rotatable bonds is 5. The van der Waals surface area contributed by atoms with Crippen LogP contribution in [-0.4, -0.2) is 53.8 Å². The molecule has 0 bridgehead atoms. The highest BCUT2D eigenvalue weighted by atomic mass is 35.5. The number of hydrogen-bond donors (Lipinski definition) is 1. The molecule has 2 amide bonds. The second-order valence-electron chi connectivity index (χ2n) is 8.18. The molecule has 1 aliphatic rings. The molecule has 1 unspecified atom stereocenters. The van der Waals surface area contributed by atoms with E-state index in [-0.39, 0.29) is 17.9 Å². The fraction of sp³-hybridized carbons (Fsp3) is 0.417. The van der Waals surface area contributed by atoms with Crippen molar-refractivity contribution in [1.29, 1.82) is 0 Å². The largest absolute Gasteiger partial charge is 0.340 e. The standard InChI is InChI=1S/C24H30ClN3O2/c1-16-5-7-20(8-6-16)15-22(29)28-11-9-27(10-12-28)19(4)24(30)26-23-18(3)13-17(2)14-21(23)25/h5-8,13-14,19H,9-12,15H2,1-4H3,(H,26,30). The third-order valence-electron chi connectivity index (χ3n) is 5.75. The Bertz CT molecular complexity index is 896. The summed E-state index contributed by atoms with van der Waals surface area (Å²) in [5, 5.41) is 3.54. The molecule has 30 heavy (non-hydrogen) atoms. The Morgan fingerprint density at radius 1 is 1.00 bits per heavy atom. The number of benzene rings is 2. The smallest absolute Gasteiger partial charge is 0.241 e. The zero-order valence-electron chi connectivity index (χ0n) is 18.2. The van der Waals surface area contributed by atoms with E-state index in [0.29, 0.717) is 43.3 Å². The Balaban J connectivity index is 1.53. The van der Waals surface area contributed by atoms with Gasteiger partial charge in [-0.15, -0.1) is 0 Å². The molecule has 6 heteroatoms. The lowest BCUT2D eigenvalue weighted by Crippen LogP contribution is -2.54. The van der Waals surface area contributed by atoms with Crippen molar-refractivity contribution in [2.45, 2.75) is 40.2 Å². The molecule has 0 saturated carbocycles. The fourth-order valence-electron chi connectivity index (χ4n) is 3.82. The molecule has 1 fully saturated rings. The monoisotopic (exact) mass is 427 g/mol. The molecule has 1 aliphatic heterocycles. The molecule has 1 atom stereocenters. The summed E-state index contributed by atoms with van der Waals surface area (Å²) in [5.74, 6) is 0.0564. The van der Waals surface area contributed by atoms with Gasteiger partial charge in [0.25, 0.3) is 0 Å². The van der Waals surface area contributed by atoms with Gasteiger partial charge in [0.2, 0.25) is 11.8 Å². The van der Waals surface area contributed by atoms with Gasteiger partial charge in [0.1, 0.15) is 0 Å². The zero-order valence-corrected chi connectivity index (χ0v) is 18.9. The minimum Gasteiger partial charge on any atom is -0.340 e.